The van der Waals surface area contributed by atoms with Crippen molar-refractivity contribution in [2.45, 2.75) is 23.8 Å². The van der Waals surface area contributed by atoms with Crippen LogP contribution in [0.3, 0.4) is 0 Å². The van der Waals surface area contributed by atoms with E-state index in [1.165, 1.54) is 4.31 Å². The van der Waals surface area contributed by atoms with Crippen molar-refractivity contribution < 1.29 is 13.2 Å². The molecule has 0 amide bonds. The fraction of sp³-hybridized carbons (Fsp3) is 0.571. The fourth-order valence-corrected chi connectivity index (χ4v) is 4.66. The summed E-state index contributed by atoms with van der Waals surface area (Å²) in [5.74, 6) is 0.621. The van der Waals surface area contributed by atoms with E-state index >= 15 is 0 Å². The van der Waals surface area contributed by atoms with Gasteiger partial charge in [-0.05, 0) is 67.1 Å². The molecule has 0 unspecified atom stereocenters. The zero-order valence-corrected chi connectivity index (χ0v) is 14.9. The molecule has 1 aliphatic rings. The van der Waals surface area contributed by atoms with Gasteiger partial charge in [0.25, 0.3) is 0 Å². The van der Waals surface area contributed by atoms with Crippen molar-refractivity contribution in [1.29, 1.82) is 0 Å². The van der Waals surface area contributed by atoms with E-state index in [2.05, 4.69) is 27.9 Å². The van der Waals surface area contributed by atoms with Crippen molar-refractivity contribution in [3.8, 4) is 5.75 Å². The summed E-state index contributed by atoms with van der Waals surface area (Å²) in [6.45, 7) is 1.85. The molecule has 0 aliphatic carbocycles. The predicted molar refractivity (Wildman–Crippen MR) is 86.2 cm³/mol. The summed E-state index contributed by atoms with van der Waals surface area (Å²) in [5, 5.41) is 0. The summed E-state index contributed by atoms with van der Waals surface area (Å²) in [7, 11) is 1.81. The molecule has 0 radical (unpaired) electrons. The van der Waals surface area contributed by atoms with Gasteiger partial charge in [-0.2, -0.15) is 4.31 Å². The van der Waals surface area contributed by atoms with Crippen LogP contribution in [0.1, 0.15) is 12.8 Å². The fourth-order valence-electron chi connectivity index (χ4n) is 2.53. The van der Waals surface area contributed by atoms with Gasteiger partial charge in [0.2, 0.25) is 10.0 Å². The summed E-state index contributed by atoms with van der Waals surface area (Å²) in [5.41, 5.74) is 0. The number of piperidine rings is 1. The molecular formula is C14H21BrN2O3S. The van der Waals surface area contributed by atoms with Crippen LogP contribution in [0.2, 0.25) is 0 Å². The summed E-state index contributed by atoms with van der Waals surface area (Å²) in [6, 6.07) is 4.91. The summed E-state index contributed by atoms with van der Waals surface area (Å²) >= 11 is 3.34. The van der Waals surface area contributed by atoms with Crippen molar-refractivity contribution in [3.05, 3.63) is 22.7 Å². The molecule has 0 bridgehead atoms. The van der Waals surface area contributed by atoms with Crippen LogP contribution in [0.5, 0.6) is 5.75 Å². The van der Waals surface area contributed by atoms with E-state index in [0.717, 1.165) is 25.9 Å². The first-order valence-electron chi connectivity index (χ1n) is 6.86. The number of hydrogen-bond acceptors (Lipinski definition) is 4. The molecule has 0 N–H and O–H groups in total. The van der Waals surface area contributed by atoms with Crippen LogP contribution in [0.15, 0.2) is 27.6 Å². The molecule has 1 heterocycles. The predicted octanol–water partition coefficient (Wildman–Crippen LogP) is 2.17. The Labute approximate surface area is 135 Å². The Balaban J connectivity index is 2.22. The number of ether oxygens (including phenoxy) is 1. The number of rotatable bonds is 4. The molecule has 0 spiro atoms. The third-order valence-corrected chi connectivity index (χ3v) is 6.53. The largest absolute Gasteiger partial charge is 0.496 e. The molecule has 0 atom stereocenters. The molecular weight excluding hydrogens is 356 g/mol. The van der Waals surface area contributed by atoms with Gasteiger partial charge < -0.3 is 9.64 Å². The average Bonchev–Trinajstić information content (AvgIpc) is 2.47. The lowest BCUT2D eigenvalue weighted by atomic mass is 10.1. The van der Waals surface area contributed by atoms with Crippen LogP contribution in [-0.2, 0) is 10.0 Å². The lowest BCUT2D eigenvalue weighted by Crippen LogP contribution is -2.44. The van der Waals surface area contributed by atoms with Gasteiger partial charge in [-0.15, -0.1) is 0 Å². The van der Waals surface area contributed by atoms with Crippen LogP contribution >= 0.6 is 15.9 Å². The maximum Gasteiger partial charge on any atom is 0.243 e. The van der Waals surface area contributed by atoms with Crippen molar-refractivity contribution in [3.63, 3.8) is 0 Å². The molecule has 118 valence electrons. The lowest BCUT2D eigenvalue weighted by molar-refractivity contribution is 0.197. The minimum absolute atomic E-state index is 0.0621. The maximum absolute atomic E-state index is 12.7. The van der Waals surface area contributed by atoms with Crippen molar-refractivity contribution >= 4 is 26.0 Å². The van der Waals surface area contributed by atoms with Gasteiger partial charge in [0.15, 0.2) is 0 Å². The third-order valence-electron chi connectivity index (χ3n) is 4.00. The van der Waals surface area contributed by atoms with E-state index in [9.17, 15) is 8.42 Å². The average molecular weight is 377 g/mol. The molecule has 0 aromatic heterocycles. The zero-order valence-electron chi connectivity index (χ0n) is 12.5. The molecule has 1 fully saturated rings. The molecule has 0 saturated carbocycles. The van der Waals surface area contributed by atoms with Crippen LogP contribution in [0.4, 0.5) is 0 Å². The topological polar surface area (TPSA) is 49.9 Å². The summed E-state index contributed by atoms with van der Waals surface area (Å²) in [4.78, 5) is 2.51. The highest BCUT2D eigenvalue weighted by atomic mass is 79.9. The van der Waals surface area contributed by atoms with Gasteiger partial charge in [-0.3, -0.25) is 0 Å². The number of sulfonamides is 1. The van der Waals surface area contributed by atoms with Gasteiger partial charge >= 0.3 is 0 Å². The van der Waals surface area contributed by atoms with E-state index < -0.39 is 10.0 Å². The molecule has 2 rings (SSSR count). The SMILES string of the molecule is COc1ccc(S(=O)(=O)N(C)C2CCN(C)CC2)cc1Br. The number of likely N-dealkylation sites (tertiary alicyclic amines) is 1. The van der Waals surface area contributed by atoms with Crippen LogP contribution in [0, 0.1) is 0 Å². The second-order valence-corrected chi connectivity index (χ2v) is 8.20. The molecule has 21 heavy (non-hydrogen) atoms. The Kier molecular flexibility index (Phi) is 5.29. The quantitative estimate of drug-likeness (QED) is 0.807. The molecule has 1 aromatic carbocycles. The van der Waals surface area contributed by atoms with Crippen molar-refractivity contribution in [1.82, 2.24) is 9.21 Å². The normalized spacial score (nSPS) is 18.1. The van der Waals surface area contributed by atoms with Gasteiger partial charge in [-0.25, -0.2) is 8.42 Å². The number of halogens is 1. The van der Waals surface area contributed by atoms with E-state index in [4.69, 9.17) is 4.74 Å². The van der Waals surface area contributed by atoms with Crippen molar-refractivity contribution in [2.24, 2.45) is 0 Å². The Bertz CT molecular complexity index is 598. The number of hydrogen-bond donors (Lipinski definition) is 0. The first-order chi connectivity index (χ1) is 9.86. The number of benzene rings is 1. The standard InChI is InChI=1S/C14H21BrN2O3S/c1-16-8-6-11(7-9-16)17(2)21(18,19)12-4-5-14(20-3)13(15)10-12/h4-5,10-11H,6-9H2,1-3H3. The van der Waals surface area contributed by atoms with Gasteiger partial charge in [-0.1, -0.05) is 0 Å². The van der Waals surface area contributed by atoms with Gasteiger partial charge in [0, 0.05) is 13.1 Å². The Morgan fingerprint density at radius 3 is 2.48 bits per heavy atom. The first kappa shape index (κ1) is 16.7. The molecule has 1 saturated heterocycles. The lowest BCUT2D eigenvalue weighted by Gasteiger charge is -2.34. The summed E-state index contributed by atoms with van der Waals surface area (Å²) in [6.07, 6.45) is 1.73. The van der Waals surface area contributed by atoms with E-state index in [1.54, 1.807) is 32.4 Å². The number of nitrogens with zero attached hydrogens (tertiary/aromatic N) is 2. The zero-order chi connectivity index (χ0) is 15.6. The Hall–Kier alpha value is -0.630. The summed E-state index contributed by atoms with van der Waals surface area (Å²) < 4.78 is 32.7. The highest BCUT2D eigenvalue weighted by Gasteiger charge is 2.30. The maximum atomic E-state index is 12.7. The highest BCUT2D eigenvalue weighted by molar-refractivity contribution is 9.10. The molecule has 1 aromatic rings. The van der Waals surface area contributed by atoms with Gasteiger partial charge in [0.05, 0.1) is 16.5 Å². The number of methoxy groups -OCH3 is 1. The van der Waals surface area contributed by atoms with E-state index in [-0.39, 0.29) is 10.9 Å². The molecule has 5 nitrogen and oxygen atoms in total. The van der Waals surface area contributed by atoms with Crippen LogP contribution in [-0.4, -0.2) is 58.0 Å². The smallest absolute Gasteiger partial charge is 0.243 e. The second kappa shape index (κ2) is 6.64. The highest BCUT2D eigenvalue weighted by Crippen LogP contribution is 2.30. The van der Waals surface area contributed by atoms with E-state index in [1.807, 2.05) is 0 Å². The van der Waals surface area contributed by atoms with Crippen LogP contribution in [0.25, 0.3) is 0 Å². The second-order valence-electron chi connectivity index (χ2n) is 5.35. The molecule has 1 aliphatic heterocycles. The Morgan fingerprint density at radius 1 is 1.33 bits per heavy atom. The molecule has 7 heteroatoms. The minimum atomic E-state index is -3.47. The van der Waals surface area contributed by atoms with Gasteiger partial charge in [0.1, 0.15) is 5.75 Å². The third kappa shape index (κ3) is 3.59. The Morgan fingerprint density at radius 2 is 1.95 bits per heavy atom. The van der Waals surface area contributed by atoms with Crippen molar-refractivity contribution in [2.75, 3.05) is 34.3 Å². The van der Waals surface area contributed by atoms with Crippen LogP contribution < -0.4 is 4.74 Å². The monoisotopic (exact) mass is 376 g/mol. The minimum Gasteiger partial charge on any atom is -0.496 e. The van der Waals surface area contributed by atoms with E-state index in [0.29, 0.717) is 10.2 Å². The first-order valence-corrected chi connectivity index (χ1v) is 9.09.